The van der Waals surface area contributed by atoms with Gasteiger partial charge in [0, 0.05) is 48.0 Å². The van der Waals surface area contributed by atoms with Crippen molar-refractivity contribution in [2.45, 2.75) is 72.5 Å². The van der Waals surface area contributed by atoms with E-state index in [0.29, 0.717) is 24.0 Å². The van der Waals surface area contributed by atoms with Crippen LogP contribution < -0.4 is 10.6 Å². The Hall–Kier alpha value is -6.48. The number of aryl methyl sites for hydroxylation is 2. The second kappa shape index (κ2) is 17.3. The third kappa shape index (κ3) is 8.90. The van der Waals surface area contributed by atoms with Gasteiger partial charge in [-0.2, -0.15) is 0 Å². The standard InChI is InChI=1S/C23H28N6O2.C18H19N5O2/c1-15(2)29-16(3)25-13-21(29)20-10-11-24-23(27-20)26-18-8-6-17(7-9-18)22(31)28-12-4-5-19(28)14-30;1-11(2)23-12(3)20-10-16(23)15-8-9-19-18(22-15)21-14-6-4-13(5-7-14)17(24)25/h6-11,13,15,19,30H,4-5,12,14H2,1-3H3,(H,24,26,27);4-11H,1-3H3,(H,24,25)(H,19,21,22)/t19-;/m0./s1. The molecule has 1 saturated heterocycles. The Balaban J connectivity index is 0.000000194. The van der Waals surface area contributed by atoms with Crippen LogP contribution in [0.4, 0.5) is 23.3 Å². The fraction of sp³-hybridized carbons (Fsp3) is 0.317. The minimum Gasteiger partial charge on any atom is -0.478 e. The zero-order valence-electron chi connectivity index (χ0n) is 32.4. The van der Waals surface area contributed by atoms with Gasteiger partial charge < -0.3 is 34.9 Å². The Labute approximate surface area is 325 Å². The summed E-state index contributed by atoms with van der Waals surface area (Å²) in [5, 5.41) is 24.7. The Kier molecular flexibility index (Phi) is 12.1. The molecule has 0 unspecified atom stereocenters. The minimum absolute atomic E-state index is 0.00823. The van der Waals surface area contributed by atoms with Crippen LogP contribution in [0.25, 0.3) is 22.8 Å². The number of hydrogen-bond acceptors (Lipinski definition) is 11. The second-order valence-corrected chi connectivity index (χ2v) is 14.0. The smallest absolute Gasteiger partial charge is 0.335 e. The first kappa shape index (κ1) is 39.2. The molecule has 15 nitrogen and oxygen atoms in total. The zero-order valence-corrected chi connectivity index (χ0v) is 32.4. The molecule has 0 saturated carbocycles. The van der Waals surface area contributed by atoms with Crippen molar-refractivity contribution in [3.05, 3.63) is 108 Å². The number of carboxylic acid groups (broad SMARTS) is 1. The number of aromatic nitrogens is 8. The number of amides is 1. The summed E-state index contributed by atoms with van der Waals surface area (Å²) in [4.78, 5) is 52.0. The maximum Gasteiger partial charge on any atom is 0.335 e. The van der Waals surface area contributed by atoms with Gasteiger partial charge in [0.15, 0.2) is 0 Å². The third-order valence-corrected chi connectivity index (χ3v) is 9.46. The summed E-state index contributed by atoms with van der Waals surface area (Å²) in [7, 11) is 0. The van der Waals surface area contributed by atoms with E-state index in [9.17, 15) is 14.7 Å². The molecule has 56 heavy (non-hydrogen) atoms. The molecule has 1 amide bonds. The highest BCUT2D eigenvalue weighted by atomic mass is 16.4. The Morgan fingerprint density at radius 1 is 0.714 bits per heavy atom. The van der Waals surface area contributed by atoms with Gasteiger partial charge in [0.1, 0.15) is 11.6 Å². The number of aromatic carboxylic acids is 1. The van der Waals surface area contributed by atoms with Crippen LogP contribution >= 0.6 is 0 Å². The third-order valence-electron chi connectivity index (χ3n) is 9.46. The molecular formula is C41H47N11O4. The quantitative estimate of drug-likeness (QED) is 0.104. The predicted molar refractivity (Wildman–Crippen MR) is 214 cm³/mol. The first-order valence-corrected chi connectivity index (χ1v) is 18.6. The summed E-state index contributed by atoms with van der Waals surface area (Å²) in [6.45, 7) is 13.1. The monoisotopic (exact) mass is 757 g/mol. The number of benzene rings is 2. The number of carbonyl (C=O) groups excluding carboxylic acids is 1. The van der Waals surface area contributed by atoms with Crippen LogP contribution in [0.15, 0.2) is 85.5 Å². The summed E-state index contributed by atoms with van der Waals surface area (Å²) in [5.74, 6) is 1.79. The highest BCUT2D eigenvalue weighted by Gasteiger charge is 2.28. The number of imidazole rings is 2. The summed E-state index contributed by atoms with van der Waals surface area (Å²) in [5.41, 5.74) is 5.80. The molecule has 0 spiro atoms. The van der Waals surface area contributed by atoms with Crippen molar-refractivity contribution in [2.75, 3.05) is 23.8 Å². The van der Waals surface area contributed by atoms with Gasteiger partial charge in [0.2, 0.25) is 11.9 Å². The fourth-order valence-corrected chi connectivity index (χ4v) is 6.82. The lowest BCUT2D eigenvalue weighted by Crippen LogP contribution is -2.37. The number of aliphatic hydroxyl groups excluding tert-OH is 1. The maximum absolute atomic E-state index is 12.7. The lowest BCUT2D eigenvalue weighted by molar-refractivity contribution is 0.0675. The molecule has 0 bridgehead atoms. The number of aliphatic hydroxyl groups is 1. The average molecular weight is 758 g/mol. The Morgan fingerprint density at radius 3 is 1.61 bits per heavy atom. The van der Waals surface area contributed by atoms with E-state index in [1.807, 2.05) is 50.5 Å². The van der Waals surface area contributed by atoms with Crippen molar-refractivity contribution in [1.29, 1.82) is 0 Å². The number of likely N-dealkylation sites (tertiary alicyclic amines) is 1. The number of carbonyl (C=O) groups is 2. The molecule has 4 N–H and O–H groups in total. The van der Waals surface area contributed by atoms with E-state index < -0.39 is 5.97 Å². The minimum atomic E-state index is -0.956. The van der Waals surface area contributed by atoms with E-state index in [2.05, 4.69) is 77.4 Å². The molecule has 4 aromatic heterocycles. The summed E-state index contributed by atoms with van der Waals surface area (Å²) < 4.78 is 4.26. The highest BCUT2D eigenvalue weighted by molar-refractivity contribution is 5.95. The Morgan fingerprint density at radius 2 is 1.18 bits per heavy atom. The topological polar surface area (TPSA) is 189 Å². The van der Waals surface area contributed by atoms with Crippen molar-refractivity contribution in [3.8, 4) is 22.8 Å². The zero-order chi connectivity index (χ0) is 39.9. The molecule has 0 aliphatic carbocycles. The van der Waals surface area contributed by atoms with E-state index in [-0.39, 0.29) is 36.2 Å². The van der Waals surface area contributed by atoms with E-state index in [0.717, 1.165) is 58.6 Å². The highest BCUT2D eigenvalue weighted by Crippen LogP contribution is 2.26. The molecular weight excluding hydrogens is 711 g/mol. The van der Waals surface area contributed by atoms with E-state index >= 15 is 0 Å². The lowest BCUT2D eigenvalue weighted by atomic mass is 10.1. The van der Waals surface area contributed by atoms with Crippen molar-refractivity contribution in [2.24, 2.45) is 0 Å². The van der Waals surface area contributed by atoms with Gasteiger partial charge in [-0.15, -0.1) is 0 Å². The number of nitrogens with one attached hydrogen (secondary N) is 2. The number of nitrogens with zero attached hydrogens (tertiary/aromatic N) is 9. The first-order chi connectivity index (χ1) is 26.9. The number of anilines is 4. The molecule has 1 aliphatic rings. The molecule has 2 aromatic carbocycles. The van der Waals surface area contributed by atoms with Crippen molar-refractivity contribution < 1.29 is 19.8 Å². The number of carboxylic acids is 1. The molecule has 0 radical (unpaired) electrons. The maximum atomic E-state index is 12.7. The van der Waals surface area contributed by atoms with Crippen LogP contribution in [0, 0.1) is 13.8 Å². The molecule has 1 fully saturated rings. The van der Waals surface area contributed by atoms with Gasteiger partial charge in [0.25, 0.3) is 5.91 Å². The average Bonchev–Trinajstić information content (AvgIpc) is 3.94. The molecule has 7 rings (SSSR count). The number of rotatable bonds is 11. The summed E-state index contributed by atoms with van der Waals surface area (Å²) in [6, 6.07) is 17.9. The fourth-order valence-electron chi connectivity index (χ4n) is 6.82. The van der Waals surface area contributed by atoms with Gasteiger partial charge in [-0.3, -0.25) is 4.79 Å². The van der Waals surface area contributed by atoms with Crippen LogP contribution in [0.1, 0.15) is 85.0 Å². The van der Waals surface area contributed by atoms with E-state index in [4.69, 9.17) is 5.11 Å². The van der Waals surface area contributed by atoms with Crippen LogP contribution in [-0.4, -0.2) is 85.2 Å². The van der Waals surface area contributed by atoms with Crippen LogP contribution in [0.2, 0.25) is 0 Å². The van der Waals surface area contributed by atoms with Crippen molar-refractivity contribution in [3.63, 3.8) is 0 Å². The van der Waals surface area contributed by atoms with Crippen molar-refractivity contribution >= 4 is 35.1 Å². The predicted octanol–water partition coefficient (Wildman–Crippen LogP) is 7.24. The molecule has 6 aromatic rings. The summed E-state index contributed by atoms with van der Waals surface area (Å²) in [6.07, 6.45) is 8.83. The van der Waals surface area contributed by atoms with Gasteiger partial charge in [-0.05, 0) is 115 Å². The summed E-state index contributed by atoms with van der Waals surface area (Å²) >= 11 is 0. The molecule has 290 valence electrons. The Bertz CT molecular complexity index is 2280. The molecule has 1 aliphatic heterocycles. The van der Waals surface area contributed by atoms with Crippen LogP contribution in [0.3, 0.4) is 0 Å². The van der Waals surface area contributed by atoms with Gasteiger partial charge in [-0.1, -0.05) is 0 Å². The van der Waals surface area contributed by atoms with E-state index in [1.54, 1.807) is 41.6 Å². The SMILES string of the molecule is Cc1ncc(-c2ccnc(Nc3ccc(C(=O)N4CCC[C@H]4CO)cc3)n2)n1C(C)C.Cc1ncc(-c2ccnc(Nc3ccc(C(=O)O)cc3)n2)n1C(C)C. The largest absolute Gasteiger partial charge is 0.478 e. The van der Waals surface area contributed by atoms with Gasteiger partial charge >= 0.3 is 5.97 Å². The van der Waals surface area contributed by atoms with Gasteiger partial charge in [0.05, 0.1) is 53.4 Å². The normalized spacial score (nSPS) is 13.8. The first-order valence-electron chi connectivity index (χ1n) is 18.6. The molecule has 5 heterocycles. The number of hydrogen-bond donors (Lipinski definition) is 4. The van der Waals surface area contributed by atoms with Crippen LogP contribution in [0.5, 0.6) is 0 Å². The van der Waals surface area contributed by atoms with E-state index in [1.165, 1.54) is 12.1 Å². The van der Waals surface area contributed by atoms with Gasteiger partial charge in [-0.25, -0.2) is 34.7 Å². The van der Waals surface area contributed by atoms with Crippen molar-refractivity contribution in [1.82, 2.24) is 43.9 Å². The molecule has 1 atom stereocenters. The lowest BCUT2D eigenvalue weighted by Gasteiger charge is -2.23. The van der Waals surface area contributed by atoms with Crippen LogP contribution in [-0.2, 0) is 0 Å². The molecule has 15 heteroatoms. The second-order valence-electron chi connectivity index (χ2n) is 14.0.